The molecule has 3 heteroatoms. The standard InChI is InChI=1S/C17H24N2O/c1-3-16(4-2)19(11-12-20)13-15-8-5-7-14-9-6-10-18-17(14)15/h5-10,16,20H,3-4,11-13H2,1-2H3. The SMILES string of the molecule is CCC(CC)N(CCO)Cc1cccc2cccnc12. The van der Waals surface area contributed by atoms with Gasteiger partial charge in [-0.15, -0.1) is 0 Å². The molecule has 0 amide bonds. The molecule has 108 valence electrons. The lowest BCUT2D eigenvalue weighted by molar-refractivity contribution is 0.137. The van der Waals surface area contributed by atoms with E-state index in [0.717, 1.165) is 31.4 Å². The van der Waals surface area contributed by atoms with Crippen LogP contribution in [0.5, 0.6) is 0 Å². The van der Waals surface area contributed by atoms with Gasteiger partial charge in [0.25, 0.3) is 0 Å². The molecule has 0 spiro atoms. The van der Waals surface area contributed by atoms with Crippen molar-refractivity contribution in [3.63, 3.8) is 0 Å². The minimum absolute atomic E-state index is 0.203. The third-order valence-electron chi connectivity index (χ3n) is 3.94. The predicted octanol–water partition coefficient (Wildman–Crippen LogP) is 3.22. The summed E-state index contributed by atoms with van der Waals surface area (Å²) in [5.74, 6) is 0. The van der Waals surface area contributed by atoms with Crippen LogP contribution >= 0.6 is 0 Å². The average molecular weight is 272 g/mol. The largest absolute Gasteiger partial charge is 0.395 e. The number of nitrogens with zero attached hydrogens (tertiary/aromatic N) is 2. The summed E-state index contributed by atoms with van der Waals surface area (Å²) in [4.78, 5) is 6.88. The van der Waals surface area contributed by atoms with Crippen LogP contribution in [-0.2, 0) is 6.54 Å². The molecule has 2 aromatic rings. The smallest absolute Gasteiger partial charge is 0.0746 e. The van der Waals surface area contributed by atoms with E-state index in [1.165, 1.54) is 10.9 Å². The summed E-state index contributed by atoms with van der Waals surface area (Å²) in [7, 11) is 0. The lowest BCUT2D eigenvalue weighted by atomic mass is 10.1. The molecule has 0 atom stereocenters. The molecule has 1 N–H and O–H groups in total. The Morgan fingerprint density at radius 2 is 1.90 bits per heavy atom. The molecule has 20 heavy (non-hydrogen) atoms. The van der Waals surface area contributed by atoms with Crippen LogP contribution in [0.25, 0.3) is 10.9 Å². The van der Waals surface area contributed by atoms with E-state index in [1.54, 1.807) is 0 Å². The van der Waals surface area contributed by atoms with Crippen molar-refractivity contribution in [2.75, 3.05) is 13.2 Å². The summed E-state index contributed by atoms with van der Waals surface area (Å²) in [5, 5.41) is 10.5. The van der Waals surface area contributed by atoms with Crippen LogP contribution in [0.15, 0.2) is 36.5 Å². The Hall–Kier alpha value is -1.45. The van der Waals surface area contributed by atoms with Crippen molar-refractivity contribution in [1.29, 1.82) is 0 Å². The highest BCUT2D eigenvalue weighted by atomic mass is 16.3. The fourth-order valence-corrected chi connectivity index (χ4v) is 2.84. The fraction of sp³-hybridized carbons (Fsp3) is 0.471. The van der Waals surface area contributed by atoms with Gasteiger partial charge in [-0.1, -0.05) is 38.1 Å². The van der Waals surface area contributed by atoms with Gasteiger partial charge in [-0.2, -0.15) is 0 Å². The number of aliphatic hydroxyl groups is 1. The number of pyridine rings is 1. The molecular weight excluding hydrogens is 248 g/mol. The van der Waals surface area contributed by atoms with Gasteiger partial charge in [0.05, 0.1) is 12.1 Å². The molecule has 0 aliphatic heterocycles. The van der Waals surface area contributed by atoms with Gasteiger partial charge < -0.3 is 5.11 Å². The lowest BCUT2D eigenvalue weighted by Crippen LogP contribution is -2.36. The maximum absolute atomic E-state index is 9.31. The van der Waals surface area contributed by atoms with E-state index in [4.69, 9.17) is 0 Å². The summed E-state index contributed by atoms with van der Waals surface area (Å²) in [5.41, 5.74) is 2.31. The highest BCUT2D eigenvalue weighted by Gasteiger charge is 2.16. The third kappa shape index (κ3) is 3.35. The normalized spacial score (nSPS) is 11.7. The van der Waals surface area contributed by atoms with Crippen LogP contribution in [0.2, 0.25) is 0 Å². The van der Waals surface area contributed by atoms with Crippen molar-refractivity contribution in [1.82, 2.24) is 9.88 Å². The molecule has 2 rings (SSSR count). The van der Waals surface area contributed by atoms with Crippen molar-refractivity contribution in [2.45, 2.75) is 39.3 Å². The average Bonchev–Trinajstić information content (AvgIpc) is 2.49. The molecular formula is C17H24N2O. The summed E-state index contributed by atoms with van der Waals surface area (Å²) in [6.07, 6.45) is 4.06. The van der Waals surface area contributed by atoms with Crippen molar-refractivity contribution in [3.05, 3.63) is 42.1 Å². The second-order valence-corrected chi connectivity index (χ2v) is 5.16. The second kappa shape index (κ2) is 7.36. The van der Waals surface area contributed by atoms with Gasteiger partial charge in [0.1, 0.15) is 0 Å². The lowest BCUT2D eigenvalue weighted by Gasteiger charge is -2.30. The summed E-state index contributed by atoms with van der Waals surface area (Å²) < 4.78 is 0. The first-order chi connectivity index (χ1) is 9.80. The quantitative estimate of drug-likeness (QED) is 0.840. The molecule has 0 saturated heterocycles. The molecule has 0 fully saturated rings. The van der Waals surface area contributed by atoms with Crippen LogP contribution in [0, 0.1) is 0 Å². The van der Waals surface area contributed by atoms with Gasteiger partial charge in [0, 0.05) is 30.7 Å². The molecule has 0 aliphatic carbocycles. The minimum Gasteiger partial charge on any atom is -0.395 e. The summed E-state index contributed by atoms with van der Waals surface area (Å²) >= 11 is 0. The minimum atomic E-state index is 0.203. The van der Waals surface area contributed by atoms with Crippen molar-refractivity contribution in [3.8, 4) is 0 Å². The summed E-state index contributed by atoms with van der Waals surface area (Å²) in [6, 6.07) is 10.9. The number of benzene rings is 1. The number of hydrogen-bond donors (Lipinski definition) is 1. The number of aliphatic hydroxyl groups excluding tert-OH is 1. The number of para-hydroxylation sites is 1. The molecule has 0 aliphatic rings. The molecule has 0 bridgehead atoms. The highest BCUT2D eigenvalue weighted by molar-refractivity contribution is 5.81. The Kier molecular flexibility index (Phi) is 5.50. The zero-order valence-corrected chi connectivity index (χ0v) is 12.4. The number of aromatic nitrogens is 1. The van der Waals surface area contributed by atoms with E-state index in [9.17, 15) is 5.11 Å². The Balaban J connectivity index is 2.28. The van der Waals surface area contributed by atoms with Crippen LogP contribution < -0.4 is 0 Å². The first-order valence-corrected chi connectivity index (χ1v) is 7.47. The Labute approximate surface area is 121 Å². The van der Waals surface area contributed by atoms with E-state index in [0.29, 0.717) is 6.04 Å². The molecule has 1 heterocycles. The first kappa shape index (κ1) is 14.9. The van der Waals surface area contributed by atoms with E-state index < -0.39 is 0 Å². The third-order valence-corrected chi connectivity index (χ3v) is 3.94. The van der Waals surface area contributed by atoms with Crippen LogP contribution in [0.3, 0.4) is 0 Å². The van der Waals surface area contributed by atoms with Crippen molar-refractivity contribution in [2.24, 2.45) is 0 Å². The van der Waals surface area contributed by atoms with Gasteiger partial charge in [0.2, 0.25) is 0 Å². The van der Waals surface area contributed by atoms with Gasteiger partial charge in [-0.25, -0.2) is 0 Å². The number of rotatable bonds is 7. The van der Waals surface area contributed by atoms with Crippen molar-refractivity contribution < 1.29 is 5.11 Å². The van der Waals surface area contributed by atoms with Gasteiger partial charge in [-0.05, 0) is 24.5 Å². The Morgan fingerprint density at radius 3 is 2.60 bits per heavy atom. The number of fused-ring (bicyclic) bond motifs is 1. The van der Waals surface area contributed by atoms with Crippen LogP contribution in [-0.4, -0.2) is 34.2 Å². The first-order valence-electron chi connectivity index (χ1n) is 7.47. The molecule has 3 nitrogen and oxygen atoms in total. The maximum atomic E-state index is 9.31. The molecule has 1 aromatic heterocycles. The molecule has 1 aromatic carbocycles. The topological polar surface area (TPSA) is 36.4 Å². The molecule has 0 radical (unpaired) electrons. The number of hydrogen-bond acceptors (Lipinski definition) is 3. The summed E-state index contributed by atoms with van der Waals surface area (Å²) in [6.45, 7) is 6.19. The molecule has 0 unspecified atom stereocenters. The van der Waals surface area contributed by atoms with Gasteiger partial charge in [-0.3, -0.25) is 9.88 Å². The van der Waals surface area contributed by atoms with Gasteiger partial charge >= 0.3 is 0 Å². The van der Waals surface area contributed by atoms with E-state index in [-0.39, 0.29) is 6.61 Å². The van der Waals surface area contributed by atoms with E-state index >= 15 is 0 Å². The fourth-order valence-electron chi connectivity index (χ4n) is 2.84. The Morgan fingerprint density at radius 1 is 1.15 bits per heavy atom. The van der Waals surface area contributed by atoms with Crippen molar-refractivity contribution >= 4 is 10.9 Å². The van der Waals surface area contributed by atoms with Crippen LogP contribution in [0.4, 0.5) is 0 Å². The van der Waals surface area contributed by atoms with Crippen LogP contribution in [0.1, 0.15) is 32.3 Å². The van der Waals surface area contributed by atoms with Gasteiger partial charge in [0.15, 0.2) is 0 Å². The second-order valence-electron chi connectivity index (χ2n) is 5.16. The predicted molar refractivity (Wildman–Crippen MR) is 83.6 cm³/mol. The zero-order valence-electron chi connectivity index (χ0n) is 12.4. The highest BCUT2D eigenvalue weighted by Crippen LogP contribution is 2.20. The maximum Gasteiger partial charge on any atom is 0.0746 e. The zero-order chi connectivity index (χ0) is 14.4. The molecule has 0 saturated carbocycles. The van der Waals surface area contributed by atoms with E-state index in [1.807, 2.05) is 12.3 Å². The Bertz CT molecular complexity index is 532. The monoisotopic (exact) mass is 272 g/mol. The van der Waals surface area contributed by atoms with E-state index in [2.05, 4.69) is 48.0 Å².